The number of nitrogens with one attached hydrogen (secondary N) is 3. The highest BCUT2D eigenvalue weighted by Crippen LogP contribution is 2.24. The number of urea groups is 2. The number of piperidine rings is 1. The predicted molar refractivity (Wildman–Crippen MR) is 97.9 cm³/mol. The molecule has 0 radical (unpaired) electrons. The molecule has 136 valence electrons. The number of amides is 4. The normalized spacial score (nSPS) is 14.5. The number of benzene rings is 1. The van der Waals surface area contributed by atoms with E-state index in [-0.39, 0.29) is 12.1 Å². The lowest BCUT2D eigenvalue weighted by molar-refractivity contribution is 0.181. The van der Waals surface area contributed by atoms with E-state index in [0.29, 0.717) is 43.5 Å². The minimum Gasteiger partial charge on any atom is -0.495 e. The first kappa shape index (κ1) is 18.6. The van der Waals surface area contributed by atoms with Crippen LogP contribution in [-0.2, 0) is 0 Å². The van der Waals surface area contributed by atoms with Gasteiger partial charge in [-0.2, -0.15) is 0 Å². The van der Waals surface area contributed by atoms with Crippen LogP contribution in [0.25, 0.3) is 0 Å². The van der Waals surface area contributed by atoms with Gasteiger partial charge in [0.25, 0.3) is 0 Å². The summed E-state index contributed by atoms with van der Waals surface area (Å²) in [6.07, 6.45) is 3.36. The second-order valence-electron chi connectivity index (χ2n) is 5.94. The van der Waals surface area contributed by atoms with Crippen LogP contribution in [0.2, 0.25) is 0 Å². The van der Waals surface area contributed by atoms with Crippen LogP contribution in [0.4, 0.5) is 15.3 Å². The smallest absolute Gasteiger partial charge is 0.321 e. The molecule has 0 spiro atoms. The van der Waals surface area contributed by atoms with Crippen molar-refractivity contribution in [2.75, 3.05) is 38.6 Å². The van der Waals surface area contributed by atoms with Crippen molar-refractivity contribution in [3.8, 4) is 5.75 Å². The molecule has 0 aliphatic carbocycles. The maximum atomic E-state index is 12.4. The van der Waals surface area contributed by atoms with Crippen molar-refractivity contribution in [2.24, 2.45) is 5.92 Å². The van der Waals surface area contributed by atoms with Gasteiger partial charge >= 0.3 is 12.1 Å². The van der Waals surface area contributed by atoms with Gasteiger partial charge in [0.05, 0.1) is 12.8 Å². The molecule has 0 bridgehead atoms. The van der Waals surface area contributed by atoms with Crippen molar-refractivity contribution in [3.05, 3.63) is 36.9 Å². The summed E-state index contributed by atoms with van der Waals surface area (Å²) in [6, 6.07) is 7.03. The number of carbonyl (C=O) groups is 2. The molecule has 0 saturated carbocycles. The lowest BCUT2D eigenvalue weighted by Crippen LogP contribution is -2.44. The molecule has 7 nitrogen and oxygen atoms in total. The first-order chi connectivity index (χ1) is 12.1. The highest BCUT2D eigenvalue weighted by Gasteiger charge is 2.23. The van der Waals surface area contributed by atoms with Crippen molar-refractivity contribution < 1.29 is 14.3 Å². The van der Waals surface area contributed by atoms with Crippen molar-refractivity contribution >= 4 is 17.7 Å². The van der Waals surface area contributed by atoms with Gasteiger partial charge < -0.3 is 25.6 Å². The third kappa shape index (κ3) is 5.70. The Balaban J connectivity index is 1.75. The summed E-state index contributed by atoms with van der Waals surface area (Å²) in [4.78, 5) is 25.7. The first-order valence-electron chi connectivity index (χ1n) is 8.45. The van der Waals surface area contributed by atoms with Crippen LogP contribution in [0.5, 0.6) is 5.75 Å². The Kier molecular flexibility index (Phi) is 7.13. The Hall–Kier alpha value is -2.70. The summed E-state index contributed by atoms with van der Waals surface area (Å²) in [5.41, 5.74) is 0.665. The molecule has 1 saturated heterocycles. The lowest BCUT2D eigenvalue weighted by Gasteiger charge is -2.32. The number of likely N-dealkylation sites (tertiary alicyclic amines) is 1. The van der Waals surface area contributed by atoms with Crippen LogP contribution in [-0.4, -0.2) is 50.3 Å². The molecule has 1 heterocycles. The van der Waals surface area contributed by atoms with Crippen LogP contribution >= 0.6 is 0 Å². The fourth-order valence-corrected chi connectivity index (χ4v) is 2.75. The zero-order chi connectivity index (χ0) is 18.1. The van der Waals surface area contributed by atoms with Gasteiger partial charge in [-0.3, -0.25) is 0 Å². The molecule has 1 aliphatic heterocycles. The molecular weight excluding hydrogens is 320 g/mol. The van der Waals surface area contributed by atoms with E-state index in [2.05, 4.69) is 22.5 Å². The second-order valence-corrected chi connectivity index (χ2v) is 5.94. The Morgan fingerprint density at radius 1 is 1.28 bits per heavy atom. The van der Waals surface area contributed by atoms with Crippen molar-refractivity contribution in [1.82, 2.24) is 15.5 Å². The Morgan fingerprint density at radius 3 is 2.68 bits per heavy atom. The molecule has 1 aliphatic rings. The van der Waals surface area contributed by atoms with E-state index in [9.17, 15) is 9.59 Å². The van der Waals surface area contributed by atoms with E-state index >= 15 is 0 Å². The Morgan fingerprint density at radius 2 is 2.00 bits per heavy atom. The number of carbonyl (C=O) groups excluding carboxylic acids is 2. The van der Waals surface area contributed by atoms with Crippen LogP contribution in [0.15, 0.2) is 36.9 Å². The molecule has 2 rings (SSSR count). The van der Waals surface area contributed by atoms with Gasteiger partial charge in [0.2, 0.25) is 0 Å². The quantitative estimate of drug-likeness (QED) is 0.692. The molecule has 1 aromatic carbocycles. The summed E-state index contributed by atoms with van der Waals surface area (Å²) in [6.45, 7) is 5.96. The van der Waals surface area contributed by atoms with E-state index in [1.54, 1.807) is 18.1 Å². The SMILES string of the molecule is C=CCNC(=O)NCC1CCN(C(=O)Nc2ccccc2OC)CC1. The van der Waals surface area contributed by atoms with Crippen LogP contribution < -0.4 is 20.7 Å². The fourth-order valence-electron chi connectivity index (χ4n) is 2.75. The highest BCUT2D eigenvalue weighted by atomic mass is 16.5. The Labute approximate surface area is 148 Å². The lowest BCUT2D eigenvalue weighted by atomic mass is 9.97. The van der Waals surface area contributed by atoms with Crippen LogP contribution in [0, 0.1) is 5.92 Å². The van der Waals surface area contributed by atoms with Gasteiger partial charge in [-0.15, -0.1) is 6.58 Å². The number of nitrogens with zero attached hydrogens (tertiary/aromatic N) is 1. The van der Waals surface area contributed by atoms with Gasteiger partial charge in [-0.1, -0.05) is 18.2 Å². The minimum absolute atomic E-state index is 0.125. The van der Waals surface area contributed by atoms with Crippen molar-refractivity contribution in [2.45, 2.75) is 12.8 Å². The third-order valence-electron chi connectivity index (χ3n) is 4.21. The van der Waals surface area contributed by atoms with Crippen molar-refractivity contribution in [3.63, 3.8) is 0 Å². The van der Waals surface area contributed by atoms with E-state index in [1.165, 1.54) is 0 Å². The summed E-state index contributed by atoms with van der Waals surface area (Å²) >= 11 is 0. The summed E-state index contributed by atoms with van der Waals surface area (Å²) < 4.78 is 5.25. The predicted octanol–water partition coefficient (Wildman–Crippen LogP) is 2.42. The average Bonchev–Trinajstić information content (AvgIpc) is 2.65. The van der Waals surface area contributed by atoms with Gasteiger partial charge in [0.15, 0.2) is 0 Å². The van der Waals surface area contributed by atoms with Crippen LogP contribution in [0.1, 0.15) is 12.8 Å². The van der Waals surface area contributed by atoms with Gasteiger partial charge in [0.1, 0.15) is 5.75 Å². The van der Waals surface area contributed by atoms with E-state index in [4.69, 9.17) is 4.74 Å². The minimum atomic E-state index is -0.184. The third-order valence-corrected chi connectivity index (χ3v) is 4.21. The zero-order valence-electron chi connectivity index (χ0n) is 14.6. The molecule has 0 aromatic heterocycles. The topological polar surface area (TPSA) is 82.7 Å². The summed E-state index contributed by atoms with van der Waals surface area (Å²) in [7, 11) is 1.58. The van der Waals surface area contributed by atoms with E-state index < -0.39 is 0 Å². The molecule has 1 aromatic rings. The first-order valence-corrected chi connectivity index (χ1v) is 8.45. The number of anilines is 1. The number of ether oxygens (including phenoxy) is 1. The number of hydrogen-bond acceptors (Lipinski definition) is 3. The molecule has 0 atom stereocenters. The molecule has 7 heteroatoms. The molecule has 3 N–H and O–H groups in total. The molecule has 0 unspecified atom stereocenters. The molecular formula is C18H26N4O3. The number of rotatable bonds is 6. The molecule has 25 heavy (non-hydrogen) atoms. The maximum absolute atomic E-state index is 12.4. The zero-order valence-corrected chi connectivity index (χ0v) is 14.6. The molecule has 4 amide bonds. The molecule has 1 fully saturated rings. The van der Waals surface area contributed by atoms with E-state index in [0.717, 1.165) is 12.8 Å². The number of para-hydroxylation sites is 2. The largest absolute Gasteiger partial charge is 0.495 e. The van der Waals surface area contributed by atoms with Gasteiger partial charge in [-0.25, -0.2) is 9.59 Å². The van der Waals surface area contributed by atoms with Crippen molar-refractivity contribution in [1.29, 1.82) is 0 Å². The standard InChI is InChI=1S/C18H26N4O3/c1-3-10-19-17(23)20-13-14-8-11-22(12-9-14)18(24)21-15-6-4-5-7-16(15)25-2/h3-7,14H,1,8-13H2,2H3,(H,21,24)(H2,19,20,23). The highest BCUT2D eigenvalue weighted by molar-refractivity contribution is 5.91. The maximum Gasteiger partial charge on any atom is 0.321 e. The van der Waals surface area contributed by atoms with Gasteiger partial charge in [0, 0.05) is 26.2 Å². The number of methoxy groups -OCH3 is 1. The Bertz CT molecular complexity index is 598. The fraction of sp³-hybridized carbons (Fsp3) is 0.444. The monoisotopic (exact) mass is 346 g/mol. The van der Waals surface area contributed by atoms with Crippen LogP contribution in [0.3, 0.4) is 0 Å². The summed E-state index contributed by atoms with van der Waals surface area (Å²) in [5, 5.41) is 8.43. The van der Waals surface area contributed by atoms with E-state index in [1.807, 2.05) is 24.3 Å². The second kappa shape index (κ2) is 9.56. The number of hydrogen-bond donors (Lipinski definition) is 3. The average molecular weight is 346 g/mol. The summed E-state index contributed by atoms with van der Waals surface area (Å²) in [5.74, 6) is 1.02. The van der Waals surface area contributed by atoms with Gasteiger partial charge in [-0.05, 0) is 30.9 Å².